The highest BCUT2D eigenvalue weighted by molar-refractivity contribution is 14.1. The second-order valence-electron chi connectivity index (χ2n) is 4.34. The molecule has 0 saturated carbocycles. The number of nitrogens with one attached hydrogen (secondary N) is 1. The Balaban J connectivity index is 2.24. The average Bonchev–Trinajstić information content (AvgIpc) is 2.38. The molecule has 0 heterocycles. The van der Waals surface area contributed by atoms with Crippen molar-refractivity contribution in [2.45, 2.75) is 12.5 Å². The van der Waals surface area contributed by atoms with Gasteiger partial charge in [-0.3, -0.25) is 0 Å². The molecule has 0 saturated heterocycles. The molecule has 0 aliphatic heterocycles. The first-order chi connectivity index (χ1) is 9.10. The normalized spacial score (nSPS) is 12.4. The number of likely N-dealkylation sites (N-methyl/N-ethyl adjacent to an activating group) is 1. The quantitative estimate of drug-likeness (QED) is 0.754. The summed E-state index contributed by atoms with van der Waals surface area (Å²) in [5.41, 5.74) is 2.15. The van der Waals surface area contributed by atoms with E-state index >= 15 is 0 Å². The zero-order valence-electron chi connectivity index (χ0n) is 10.5. The van der Waals surface area contributed by atoms with Crippen molar-refractivity contribution in [2.24, 2.45) is 0 Å². The molecule has 0 aliphatic rings. The van der Waals surface area contributed by atoms with Crippen LogP contribution in [0.2, 0.25) is 5.02 Å². The van der Waals surface area contributed by atoms with Crippen molar-refractivity contribution in [3.05, 3.63) is 68.0 Å². The van der Waals surface area contributed by atoms with E-state index in [1.807, 2.05) is 13.1 Å². The molecule has 100 valence electrons. The molecule has 19 heavy (non-hydrogen) atoms. The van der Waals surface area contributed by atoms with Crippen molar-refractivity contribution >= 4 is 34.2 Å². The molecule has 0 aromatic heterocycles. The Bertz CT molecular complexity index is 574. The van der Waals surface area contributed by atoms with Crippen LogP contribution in [0.15, 0.2) is 42.5 Å². The topological polar surface area (TPSA) is 12.0 Å². The monoisotopic (exact) mass is 389 g/mol. The summed E-state index contributed by atoms with van der Waals surface area (Å²) in [5.74, 6) is -0.302. The number of rotatable bonds is 4. The third-order valence-electron chi connectivity index (χ3n) is 3.04. The lowest BCUT2D eigenvalue weighted by molar-refractivity contribution is 0.589. The second kappa shape index (κ2) is 6.68. The largest absolute Gasteiger partial charge is 0.313 e. The molecular formula is C15H14ClFIN. The molecule has 0 bridgehead atoms. The Hall–Kier alpha value is -0.650. The molecule has 0 fully saturated rings. The van der Waals surface area contributed by atoms with Crippen LogP contribution in [0.4, 0.5) is 4.39 Å². The first kappa shape index (κ1) is 14.8. The highest BCUT2D eigenvalue weighted by Gasteiger charge is 2.12. The third-order valence-corrected chi connectivity index (χ3v) is 4.06. The van der Waals surface area contributed by atoms with Gasteiger partial charge in [0.2, 0.25) is 0 Å². The lowest BCUT2D eigenvalue weighted by Gasteiger charge is -2.18. The summed E-state index contributed by atoms with van der Waals surface area (Å²) in [7, 11) is 1.92. The van der Waals surface area contributed by atoms with Crippen molar-refractivity contribution in [3.8, 4) is 0 Å². The minimum absolute atomic E-state index is 0.165. The van der Waals surface area contributed by atoms with Gasteiger partial charge in [-0.2, -0.15) is 0 Å². The van der Waals surface area contributed by atoms with Gasteiger partial charge < -0.3 is 5.32 Å². The molecule has 0 spiro atoms. The maximum absolute atomic E-state index is 13.0. The predicted octanol–water partition coefficient (Wildman–Crippen LogP) is 4.59. The molecule has 2 rings (SSSR count). The maximum Gasteiger partial charge on any atom is 0.124 e. The summed E-state index contributed by atoms with van der Waals surface area (Å²) in [5, 5.41) is 3.76. The van der Waals surface area contributed by atoms with Crippen LogP contribution in [-0.4, -0.2) is 7.05 Å². The summed E-state index contributed by atoms with van der Waals surface area (Å²) >= 11 is 8.37. The van der Waals surface area contributed by atoms with E-state index in [-0.39, 0.29) is 11.9 Å². The fraction of sp³-hybridized carbons (Fsp3) is 0.200. The van der Waals surface area contributed by atoms with Crippen LogP contribution in [0, 0.1) is 9.39 Å². The van der Waals surface area contributed by atoms with Gasteiger partial charge in [0, 0.05) is 14.6 Å². The minimum Gasteiger partial charge on any atom is -0.313 e. The highest BCUT2D eigenvalue weighted by Crippen LogP contribution is 2.25. The summed E-state index contributed by atoms with van der Waals surface area (Å²) in [4.78, 5) is 0. The predicted molar refractivity (Wildman–Crippen MR) is 86.1 cm³/mol. The summed E-state index contributed by atoms with van der Waals surface area (Å²) in [6.45, 7) is 0. The molecule has 2 aromatic carbocycles. The van der Waals surface area contributed by atoms with Gasteiger partial charge in [0.1, 0.15) is 5.82 Å². The summed E-state index contributed by atoms with van der Waals surface area (Å²) in [6.07, 6.45) is 0.732. The molecule has 0 aliphatic carbocycles. The number of hydrogen-bond donors (Lipinski definition) is 1. The Morgan fingerprint density at radius 2 is 2.05 bits per heavy atom. The zero-order valence-corrected chi connectivity index (χ0v) is 13.4. The van der Waals surface area contributed by atoms with Crippen molar-refractivity contribution < 1.29 is 4.39 Å². The lowest BCUT2D eigenvalue weighted by Crippen LogP contribution is -2.19. The third kappa shape index (κ3) is 3.91. The van der Waals surface area contributed by atoms with Gasteiger partial charge in [-0.05, 0) is 71.5 Å². The Morgan fingerprint density at radius 3 is 2.68 bits per heavy atom. The molecule has 1 atom stereocenters. The van der Waals surface area contributed by atoms with Crippen molar-refractivity contribution in [3.63, 3.8) is 0 Å². The van der Waals surface area contributed by atoms with Crippen LogP contribution < -0.4 is 5.32 Å². The van der Waals surface area contributed by atoms with Gasteiger partial charge in [-0.1, -0.05) is 29.8 Å². The van der Waals surface area contributed by atoms with Crippen molar-refractivity contribution in [1.82, 2.24) is 5.32 Å². The lowest BCUT2D eigenvalue weighted by atomic mass is 9.99. The Morgan fingerprint density at radius 1 is 1.26 bits per heavy atom. The summed E-state index contributed by atoms with van der Waals surface area (Å²) in [6, 6.07) is 13.0. The van der Waals surface area contributed by atoms with E-state index in [2.05, 4.69) is 46.1 Å². The SMILES string of the molecule is CNC(Cc1ccc(F)cc1Cl)c1cccc(I)c1. The van der Waals surface area contributed by atoms with E-state index in [4.69, 9.17) is 11.6 Å². The minimum atomic E-state index is -0.302. The first-order valence-electron chi connectivity index (χ1n) is 5.97. The van der Waals surface area contributed by atoms with Gasteiger partial charge in [0.25, 0.3) is 0 Å². The molecule has 0 radical (unpaired) electrons. The Kier molecular flexibility index (Phi) is 5.19. The molecule has 1 N–H and O–H groups in total. The van der Waals surface area contributed by atoms with E-state index in [1.54, 1.807) is 6.07 Å². The van der Waals surface area contributed by atoms with Gasteiger partial charge >= 0.3 is 0 Å². The number of benzene rings is 2. The van der Waals surface area contributed by atoms with Crippen LogP contribution in [0.25, 0.3) is 0 Å². The highest BCUT2D eigenvalue weighted by atomic mass is 127. The van der Waals surface area contributed by atoms with E-state index < -0.39 is 0 Å². The van der Waals surface area contributed by atoms with E-state index in [0.717, 1.165) is 12.0 Å². The second-order valence-corrected chi connectivity index (χ2v) is 5.99. The molecular weight excluding hydrogens is 376 g/mol. The molecule has 2 aromatic rings. The fourth-order valence-electron chi connectivity index (χ4n) is 2.02. The number of halogens is 3. The van der Waals surface area contributed by atoms with Gasteiger partial charge in [0.15, 0.2) is 0 Å². The molecule has 4 heteroatoms. The van der Waals surface area contributed by atoms with Crippen LogP contribution in [0.3, 0.4) is 0 Å². The smallest absolute Gasteiger partial charge is 0.124 e. The summed E-state index contributed by atoms with van der Waals surface area (Å²) < 4.78 is 14.2. The van der Waals surface area contributed by atoms with E-state index in [0.29, 0.717) is 5.02 Å². The van der Waals surface area contributed by atoms with Crippen LogP contribution in [-0.2, 0) is 6.42 Å². The van der Waals surface area contributed by atoms with Gasteiger partial charge in [0.05, 0.1) is 0 Å². The first-order valence-corrected chi connectivity index (χ1v) is 7.42. The van der Waals surface area contributed by atoms with E-state index in [9.17, 15) is 4.39 Å². The number of hydrogen-bond acceptors (Lipinski definition) is 1. The molecule has 1 unspecified atom stereocenters. The maximum atomic E-state index is 13.0. The van der Waals surface area contributed by atoms with Crippen molar-refractivity contribution in [1.29, 1.82) is 0 Å². The van der Waals surface area contributed by atoms with Crippen LogP contribution in [0.5, 0.6) is 0 Å². The zero-order chi connectivity index (χ0) is 13.8. The van der Waals surface area contributed by atoms with Gasteiger partial charge in [-0.25, -0.2) is 4.39 Å². The van der Waals surface area contributed by atoms with Crippen LogP contribution in [0.1, 0.15) is 17.2 Å². The van der Waals surface area contributed by atoms with Crippen molar-refractivity contribution in [2.75, 3.05) is 7.05 Å². The van der Waals surface area contributed by atoms with E-state index in [1.165, 1.54) is 21.3 Å². The Labute approximate surface area is 131 Å². The molecule has 1 nitrogen and oxygen atoms in total. The van der Waals surface area contributed by atoms with Crippen LogP contribution >= 0.6 is 34.2 Å². The average molecular weight is 390 g/mol. The fourth-order valence-corrected chi connectivity index (χ4v) is 2.83. The molecule has 0 amide bonds. The standard InChI is InChI=1S/C15H14ClFIN/c1-19-15(11-3-2-4-13(18)7-11)8-10-5-6-12(17)9-14(10)16/h2-7,9,15,19H,8H2,1H3. The van der Waals surface area contributed by atoms with Gasteiger partial charge in [-0.15, -0.1) is 0 Å².